The third kappa shape index (κ3) is 3.43. The number of anilines is 1. The molecule has 2 aromatic carbocycles. The summed E-state index contributed by atoms with van der Waals surface area (Å²) < 4.78 is 0. The normalized spacial score (nSPS) is 10.4. The maximum atomic E-state index is 11.1. The van der Waals surface area contributed by atoms with Gasteiger partial charge in [-0.3, -0.25) is 4.79 Å². The van der Waals surface area contributed by atoms with Crippen molar-refractivity contribution in [3.05, 3.63) is 84.1 Å². The quantitative estimate of drug-likeness (QED) is 0.783. The van der Waals surface area contributed by atoms with Gasteiger partial charge in [0, 0.05) is 19.8 Å². The number of carbonyl (C=O) groups excluding carboxylic acids is 1. The van der Waals surface area contributed by atoms with Crippen molar-refractivity contribution in [2.45, 2.75) is 6.54 Å². The zero-order valence-electron chi connectivity index (χ0n) is 13.5. The fourth-order valence-corrected chi connectivity index (χ4v) is 2.65. The lowest BCUT2D eigenvalue weighted by molar-refractivity contribution is 0.1000. The molecule has 3 rings (SSSR count). The Balaban J connectivity index is 1.85. The first kappa shape index (κ1) is 15.7. The average Bonchev–Trinajstić information content (AvgIpc) is 2.63. The van der Waals surface area contributed by atoms with Crippen LogP contribution in [0.15, 0.2) is 72.9 Å². The molecule has 1 aromatic heterocycles. The molecule has 0 saturated heterocycles. The molecule has 0 aliphatic heterocycles. The highest BCUT2D eigenvalue weighted by Crippen LogP contribution is 2.25. The number of primary amides is 1. The SMILES string of the molecule is CN(Cc1ccccc1-c1ccccc1)c1ccc(C(N)=O)cn1. The van der Waals surface area contributed by atoms with Crippen LogP contribution >= 0.6 is 0 Å². The number of hydrogen-bond acceptors (Lipinski definition) is 3. The summed E-state index contributed by atoms with van der Waals surface area (Å²) in [5, 5.41) is 0. The van der Waals surface area contributed by atoms with Crippen molar-refractivity contribution in [3.8, 4) is 11.1 Å². The van der Waals surface area contributed by atoms with Crippen LogP contribution in [0.5, 0.6) is 0 Å². The second-order valence-electron chi connectivity index (χ2n) is 5.65. The van der Waals surface area contributed by atoms with Gasteiger partial charge in [-0.25, -0.2) is 4.98 Å². The van der Waals surface area contributed by atoms with E-state index in [1.807, 2.05) is 48.3 Å². The van der Waals surface area contributed by atoms with E-state index in [-0.39, 0.29) is 0 Å². The molecule has 0 unspecified atom stereocenters. The van der Waals surface area contributed by atoms with E-state index in [1.54, 1.807) is 6.07 Å². The molecular formula is C20H19N3O. The van der Waals surface area contributed by atoms with Crippen LogP contribution in [0.4, 0.5) is 5.82 Å². The standard InChI is InChI=1S/C20H19N3O/c1-23(19-12-11-16(13-22-19)20(21)24)14-17-9-5-6-10-18(17)15-7-3-2-4-8-15/h2-13H,14H2,1H3,(H2,21,24). The van der Waals surface area contributed by atoms with Gasteiger partial charge in [-0.05, 0) is 28.8 Å². The number of hydrogen-bond donors (Lipinski definition) is 1. The molecule has 0 aliphatic carbocycles. The average molecular weight is 317 g/mol. The summed E-state index contributed by atoms with van der Waals surface area (Å²) in [5.41, 5.74) is 9.28. The first-order chi connectivity index (χ1) is 11.6. The molecule has 24 heavy (non-hydrogen) atoms. The first-order valence-corrected chi connectivity index (χ1v) is 7.75. The molecule has 3 aromatic rings. The molecule has 0 radical (unpaired) electrons. The van der Waals surface area contributed by atoms with Crippen molar-refractivity contribution in [1.82, 2.24) is 4.98 Å². The van der Waals surface area contributed by atoms with Gasteiger partial charge in [0.1, 0.15) is 5.82 Å². The zero-order chi connectivity index (χ0) is 16.9. The van der Waals surface area contributed by atoms with Crippen LogP contribution in [0, 0.1) is 0 Å². The lowest BCUT2D eigenvalue weighted by Gasteiger charge is -2.20. The molecule has 1 heterocycles. The van der Waals surface area contributed by atoms with Crippen molar-refractivity contribution in [1.29, 1.82) is 0 Å². The number of nitrogens with two attached hydrogens (primary N) is 1. The van der Waals surface area contributed by atoms with Crippen LogP contribution in [0.1, 0.15) is 15.9 Å². The van der Waals surface area contributed by atoms with Crippen LogP contribution in [-0.4, -0.2) is 17.9 Å². The summed E-state index contributed by atoms with van der Waals surface area (Å²) in [7, 11) is 1.98. The summed E-state index contributed by atoms with van der Waals surface area (Å²) in [5.74, 6) is 0.328. The van der Waals surface area contributed by atoms with E-state index in [0.717, 1.165) is 5.82 Å². The fourth-order valence-electron chi connectivity index (χ4n) is 2.65. The molecule has 4 nitrogen and oxygen atoms in total. The van der Waals surface area contributed by atoms with Gasteiger partial charge in [-0.2, -0.15) is 0 Å². The van der Waals surface area contributed by atoms with Gasteiger partial charge in [0.15, 0.2) is 0 Å². The summed E-state index contributed by atoms with van der Waals surface area (Å²) in [4.78, 5) is 17.5. The van der Waals surface area contributed by atoms with Crippen LogP contribution < -0.4 is 10.6 Å². The van der Waals surface area contributed by atoms with Crippen LogP contribution in [-0.2, 0) is 6.54 Å². The number of aromatic nitrogens is 1. The Kier molecular flexibility index (Phi) is 4.57. The van der Waals surface area contributed by atoms with E-state index in [9.17, 15) is 4.79 Å². The summed E-state index contributed by atoms with van der Waals surface area (Å²) >= 11 is 0. The number of rotatable bonds is 5. The topological polar surface area (TPSA) is 59.2 Å². The number of pyridine rings is 1. The largest absolute Gasteiger partial charge is 0.366 e. The Labute approximate surface area is 141 Å². The molecule has 120 valence electrons. The highest BCUT2D eigenvalue weighted by Gasteiger charge is 2.09. The van der Waals surface area contributed by atoms with Crippen molar-refractivity contribution in [2.24, 2.45) is 5.73 Å². The third-order valence-electron chi connectivity index (χ3n) is 3.93. The molecule has 2 N–H and O–H groups in total. The van der Waals surface area contributed by atoms with Crippen molar-refractivity contribution in [3.63, 3.8) is 0 Å². The van der Waals surface area contributed by atoms with Crippen LogP contribution in [0.3, 0.4) is 0 Å². The number of nitrogens with zero attached hydrogens (tertiary/aromatic N) is 2. The predicted molar refractivity (Wildman–Crippen MR) is 96.7 cm³/mol. The number of carbonyl (C=O) groups is 1. The second kappa shape index (κ2) is 6.96. The Morgan fingerprint density at radius 1 is 1.00 bits per heavy atom. The van der Waals surface area contributed by atoms with Gasteiger partial charge in [-0.15, -0.1) is 0 Å². The summed E-state index contributed by atoms with van der Waals surface area (Å²) in [6, 6.07) is 22.2. The van der Waals surface area contributed by atoms with Gasteiger partial charge in [-0.1, -0.05) is 54.6 Å². The number of benzene rings is 2. The third-order valence-corrected chi connectivity index (χ3v) is 3.93. The Morgan fingerprint density at radius 2 is 1.71 bits per heavy atom. The molecular weight excluding hydrogens is 298 g/mol. The van der Waals surface area contributed by atoms with Crippen molar-refractivity contribution < 1.29 is 4.79 Å². The monoisotopic (exact) mass is 317 g/mol. The molecule has 0 fully saturated rings. The van der Waals surface area contributed by atoms with Crippen LogP contribution in [0.2, 0.25) is 0 Å². The maximum absolute atomic E-state index is 11.1. The molecule has 0 aliphatic rings. The van der Waals surface area contributed by atoms with E-state index >= 15 is 0 Å². The smallest absolute Gasteiger partial charge is 0.250 e. The summed E-state index contributed by atoms with van der Waals surface area (Å²) in [6.45, 7) is 0.716. The lowest BCUT2D eigenvalue weighted by Crippen LogP contribution is -2.19. The molecule has 1 amide bonds. The Morgan fingerprint density at radius 3 is 2.38 bits per heavy atom. The lowest BCUT2D eigenvalue weighted by atomic mass is 9.99. The summed E-state index contributed by atoms with van der Waals surface area (Å²) in [6.07, 6.45) is 1.51. The van der Waals surface area contributed by atoms with Crippen molar-refractivity contribution >= 4 is 11.7 Å². The van der Waals surface area contributed by atoms with Gasteiger partial charge in [0.05, 0.1) is 5.56 Å². The van der Waals surface area contributed by atoms with E-state index in [2.05, 4.69) is 29.2 Å². The Bertz CT molecular complexity index is 829. The molecule has 4 heteroatoms. The zero-order valence-corrected chi connectivity index (χ0v) is 13.5. The van der Waals surface area contributed by atoms with E-state index in [4.69, 9.17) is 5.73 Å². The Hall–Kier alpha value is -3.14. The molecule has 0 saturated carbocycles. The first-order valence-electron chi connectivity index (χ1n) is 7.75. The van der Waals surface area contributed by atoms with E-state index in [0.29, 0.717) is 12.1 Å². The molecule has 0 spiro atoms. The van der Waals surface area contributed by atoms with Gasteiger partial charge in [0.2, 0.25) is 5.91 Å². The van der Waals surface area contributed by atoms with Gasteiger partial charge < -0.3 is 10.6 Å². The van der Waals surface area contributed by atoms with Crippen molar-refractivity contribution in [2.75, 3.05) is 11.9 Å². The van der Waals surface area contributed by atoms with Gasteiger partial charge in [0.25, 0.3) is 0 Å². The van der Waals surface area contributed by atoms with Crippen LogP contribution in [0.25, 0.3) is 11.1 Å². The molecule has 0 bridgehead atoms. The maximum Gasteiger partial charge on any atom is 0.250 e. The van der Waals surface area contributed by atoms with E-state index in [1.165, 1.54) is 22.9 Å². The molecule has 0 atom stereocenters. The minimum absolute atomic E-state index is 0.414. The fraction of sp³-hybridized carbons (Fsp3) is 0.100. The minimum Gasteiger partial charge on any atom is -0.366 e. The minimum atomic E-state index is -0.467. The second-order valence-corrected chi connectivity index (χ2v) is 5.65. The predicted octanol–water partition coefficient (Wildman–Crippen LogP) is 3.48. The van der Waals surface area contributed by atoms with E-state index < -0.39 is 5.91 Å². The highest BCUT2D eigenvalue weighted by atomic mass is 16.1. The van der Waals surface area contributed by atoms with Gasteiger partial charge >= 0.3 is 0 Å². The number of amides is 1. The highest BCUT2D eigenvalue weighted by molar-refractivity contribution is 5.92.